The maximum atomic E-state index is 12.7. The third-order valence-electron chi connectivity index (χ3n) is 6.12. The van der Waals surface area contributed by atoms with Crippen LogP contribution in [0.15, 0.2) is 60.7 Å². The highest BCUT2D eigenvalue weighted by Gasteiger charge is 2.22. The zero-order valence-electron chi connectivity index (χ0n) is 20.8. The van der Waals surface area contributed by atoms with Gasteiger partial charge >= 0.3 is 12.1 Å². The fraction of sp³-hybridized carbons (Fsp3) is 0.259. The standard InChI is InChI=1S/C27H30ClN5O4/c1-18-3-10-25(37-2)24(15-18)30-26(35)29-20-5-7-21(8-6-20)32-11-13-33(14-12-32)27(36)31-23-9-4-19(17-34)16-22(23)28/h3-10,15-16,34H,11-14,17H2,1-2H3,(H,31,36)(H2,29,30,35). The number of carbonyl (C=O) groups is 2. The summed E-state index contributed by atoms with van der Waals surface area (Å²) in [5, 5.41) is 18.1. The lowest BCUT2D eigenvalue weighted by atomic mass is 10.2. The lowest BCUT2D eigenvalue weighted by Crippen LogP contribution is -2.50. The number of aliphatic hydroxyl groups excluding tert-OH is 1. The molecule has 0 atom stereocenters. The van der Waals surface area contributed by atoms with E-state index in [0.717, 1.165) is 11.3 Å². The number of amides is 4. The lowest BCUT2D eigenvalue weighted by Gasteiger charge is -2.36. The van der Waals surface area contributed by atoms with Crippen LogP contribution < -0.4 is 25.6 Å². The van der Waals surface area contributed by atoms with Gasteiger partial charge in [-0.25, -0.2) is 9.59 Å². The van der Waals surface area contributed by atoms with Crippen LogP contribution in [0.5, 0.6) is 5.75 Å². The number of nitrogens with zero attached hydrogens (tertiary/aromatic N) is 2. The van der Waals surface area contributed by atoms with Crippen LogP contribution in [-0.4, -0.2) is 55.4 Å². The average Bonchev–Trinajstić information content (AvgIpc) is 2.90. The van der Waals surface area contributed by atoms with Crippen molar-refractivity contribution in [3.8, 4) is 5.75 Å². The molecule has 0 aromatic heterocycles. The quantitative estimate of drug-likeness (QED) is 0.357. The number of ether oxygens (including phenoxy) is 1. The van der Waals surface area contributed by atoms with Crippen LogP contribution in [0.25, 0.3) is 0 Å². The lowest BCUT2D eigenvalue weighted by molar-refractivity contribution is 0.208. The first kappa shape index (κ1) is 26.1. The molecule has 0 spiro atoms. The molecule has 9 nitrogen and oxygen atoms in total. The predicted molar refractivity (Wildman–Crippen MR) is 147 cm³/mol. The predicted octanol–water partition coefficient (Wildman–Crippen LogP) is 5.15. The van der Waals surface area contributed by atoms with Crippen molar-refractivity contribution in [3.05, 3.63) is 76.8 Å². The van der Waals surface area contributed by atoms with E-state index >= 15 is 0 Å². The molecule has 3 aromatic rings. The monoisotopic (exact) mass is 523 g/mol. The highest BCUT2D eigenvalue weighted by atomic mass is 35.5. The second kappa shape index (κ2) is 11.9. The minimum absolute atomic E-state index is 0.108. The number of anilines is 4. The van der Waals surface area contributed by atoms with Crippen molar-refractivity contribution in [2.24, 2.45) is 0 Å². The van der Waals surface area contributed by atoms with E-state index in [0.29, 0.717) is 59.6 Å². The molecule has 4 amide bonds. The zero-order chi connectivity index (χ0) is 26.4. The Morgan fingerprint density at radius 2 is 1.65 bits per heavy atom. The minimum atomic E-state index is -0.359. The van der Waals surface area contributed by atoms with Crippen molar-refractivity contribution in [3.63, 3.8) is 0 Å². The minimum Gasteiger partial charge on any atom is -0.495 e. The molecule has 1 saturated heterocycles. The summed E-state index contributed by atoms with van der Waals surface area (Å²) in [6.45, 7) is 4.29. The number of methoxy groups -OCH3 is 1. The van der Waals surface area contributed by atoms with E-state index in [-0.39, 0.29) is 18.7 Å². The van der Waals surface area contributed by atoms with Crippen molar-refractivity contribution in [2.75, 3.05) is 54.1 Å². The molecule has 4 N–H and O–H groups in total. The Labute approximate surface area is 221 Å². The Hall–Kier alpha value is -3.95. The Bertz CT molecular complexity index is 1260. The molecule has 194 valence electrons. The van der Waals surface area contributed by atoms with Crippen LogP contribution in [0, 0.1) is 6.92 Å². The van der Waals surface area contributed by atoms with Gasteiger partial charge in [-0.3, -0.25) is 0 Å². The van der Waals surface area contributed by atoms with Gasteiger partial charge in [0.2, 0.25) is 0 Å². The summed E-state index contributed by atoms with van der Waals surface area (Å²) in [7, 11) is 1.56. The first-order chi connectivity index (χ1) is 17.9. The van der Waals surface area contributed by atoms with Gasteiger partial charge in [0.15, 0.2) is 0 Å². The van der Waals surface area contributed by atoms with Crippen molar-refractivity contribution in [1.82, 2.24) is 4.90 Å². The number of urea groups is 2. The van der Waals surface area contributed by atoms with Gasteiger partial charge in [-0.15, -0.1) is 0 Å². The Morgan fingerprint density at radius 1 is 0.919 bits per heavy atom. The van der Waals surface area contributed by atoms with E-state index in [4.69, 9.17) is 16.3 Å². The number of aliphatic hydroxyl groups is 1. The molecule has 37 heavy (non-hydrogen) atoms. The summed E-state index contributed by atoms with van der Waals surface area (Å²) in [6.07, 6.45) is 0. The number of rotatable bonds is 6. The number of hydrogen-bond acceptors (Lipinski definition) is 5. The van der Waals surface area contributed by atoms with Gasteiger partial charge < -0.3 is 35.6 Å². The molecule has 10 heteroatoms. The van der Waals surface area contributed by atoms with Crippen LogP contribution in [0.4, 0.5) is 32.3 Å². The highest BCUT2D eigenvalue weighted by Crippen LogP contribution is 2.26. The van der Waals surface area contributed by atoms with Crippen LogP contribution in [0.2, 0.25) is 5.02 Å². The Morgan fingerprint density at radius 3 is 2.30 bits per heavy atom. The normalized spacial score (nSPS) is 13.2. The summed E-state index contributed by atoms with van der Waals surface area (Å²) in [5.74, 6) is 0.589. The van der Waals surface area contributed by atoms with Gasteiger partial charge in [0, 0.05) is 37.6 Å². The third kappa shape index (κ3) is 6.63. The summed E-state index contributed by atoms with van der Waals surface area (Å²) in [6, 6.07) is 17.6. The van der Waals surface area contributed by atoms with Crippen LogP contribution >= 0.6 is 11.6 Å². The summed E-state index contributed by atoms with van der Waals surface area (Å²) in [4.78, 5) is 29.1. The van der Waals surface area contributed by atoms with Gasteiger partial charge in [-0.2, -0.15) is 0 Å². The van der Waals surface area contributed by atoms with Crippen molar-refractivity contribution in [2.45, 2.75) is 13.5 Å². The number of benzene rings is 3. The van der Waals surface area contributed by atoms with Crippen molar-refractivity contribution < 1.29 is 19.4 Å². The molecule has 4 rings (SSSR count). The number of piperazine rings is 1. The number of nitrogens with one attached hydrogen (secondary N) is 3. The summed E-state index contributed by atoms with van der Waals surface area (Å²) in [5.41, 5.74) is 4.48. The zero-order valence-corrected chi connectivity index (χ0v) is 21.5. The molecule has 0 radical (unpaired) electrons. The van der Waals surface area contributed by atoms with Crippen LogP contribution in [0.3, 0.4) is 0 Å². The first-order valence-electron chi connectivity index (χ1n) is 11.9. The average molecular weight is 524 g/mol. The maximum absolute atomic E-state index is 12.7. The van der Waals surface area contributed by atoms with E-state index < -0.39 is 0 Å². The number of hydrogen-bond donors (Lipinski definition) is 4. The van der Waals surface area contributed by atoms with E-state index in [1.807, 2.05) is 49.4 Å². The number of aryl methyl sites for hydroxylation is 1. The SMILES string of the molecule is COc1ccc(C)cc1NC(=O)Nc1ccc(N2CCN(C(=O)Nc3ccc(CO)cc3Cl)CC2)cc1. The van der Waals surface area contributed by atoms with Gasteiger partial charge in [0.25, 0.3) is 0 Å². The number of halogens is 1. The van der Waals surface area contributed by atoms with Gasteiger partial charge in [-0.1, -0.05) is 23.7 Å². The summed E-state index contributed by atoms with van der Waals surface area (Å²) >= 11 is 6.21. The van der Waals surface area contributed by atoms with E-state index in [9.17, 15) is 14.7 Å². The maximum Gasteiger partial charge on any atom is 0.323 e. The topological polar surface area (TPSA) is 106 Å². The molecule has 3 aromatic carbocycles. The van der Waals surface area contributed by atoms with Crippen molar-refractivity contribution >= 4 is 46.4 Å². The van der Waals surface area contributed by atoms with E-state index in [1.165, 1.54) is 0 Å². The summed E-state index contributed by atoms with van der Waals surface area (Å²) < 4.78 is 5.31. The van der Waals surface area contributed by atoms with Crippen LogP contribution in [0.1, 0.15) is 11.1 Å². The molecule has 0 bridgehead atoms. The molecular weight excluding hydrogens is 494 g/mol. The largest absolute Gasteiger partial charge is 0.495 e. The van der Waals surface area contributed by atoms with E-state index in [1.54, 1.807) is 30.2 Å². The van der Waals surface area contributed by atoms with Crippen molar-refractivity contribution in [1.29, 1.82) is 0 Å². The first-order valence-corrected chi connectivity index (χ1v) is 12.3. The Kier molecular flexibility index (Phi) is 8.37. The fourth-order valence-electron chi connectivity index (χ4n) is 4.08. The van der Waals surface area contributed by atoms with Crippen LogP contribution in [-0.2, 0) is 6.61 Å². The second-order valence-corrected chi connectivity index (χ2v) is 9.11. The second-order valence-electron chi connectivity index (χ2n) is 8.71. The molecule has 0 unspecified atom stereocenters. The van der Waals surface area contributed by atoms with Gasteiger partial charge in [0.1, 0.15) is 5.75 Å². The van der Waals surface area contributed by atoms with E-state index in [2.05, 4.69) is 20.9 Å². The van der Waals surface area contributed by atoms with Gasteiger partial charge in [0.05, 0.1) is 30.1 Å². The molecule has 1 heterocycles. The molecule has 1 aliphatic heterocycles. The molecule has 1 aliphatic rings. The third-order valence-corrected chi connectivity index (χ3v) is 6.43. The molecule has 0 saturated carbocycles. The smallest absolute Gasteiger partial charge is 0.323 e. The Balaban J connectivity index is 1.28. The number of carbonyl (C=O) groups excluding carboxylic acids is 2. The highest BCUT2D eigenvalue weighted by molar-refractivity contribution is 6.33. The molecule has 0 aliphatic carbocycles. The van der Waals surface area contributed by atoms with Gasteiger partial charge in [-0.05, 0) is 66.6 Å². The molecule has 1 fully saturated rings. The fourth-order valence-corrected chi connectivity index (χ4v) is 4.33. The molecular formula is C27H30ClN5O4.